The van der Waals surface area contributed by atoms with Crippen LogP contribution in [0.25, 0.3) is 0 Å². The summed E-state index contributed by atoms with van der Waals surface area (Å²) >= 11 is 0. The van der Waals surface area contributed by atoms with Crippen molar-refractivity contribution in [2.75, 3.05) is 6.61 Å². The molecule has 2 atom stereocenters. The highest BCUT2D eigenvalue weighted by atomic mass is 16.5. The zero-order chi connectivity index (χ0) is 11.6. The molecule has 1 aliphatic rings. The van der Waals surface area contributed by atoms with E-state index < -0.39 is 5.60 Å². The van der Waals surface area contributed by atoms with E-state index in [4.69, 9.17) is 4.74 Å². The first kappa shape index (κ1) is 11.5. The first-order valence-corrected chi connectivity index (χ1v) is 5.72. The van der Waals surface area contributed by atoms with E-state index in [9.17, 15) is 5.11 Å². The molecule has 1 aromatic rings. The zero-order valence-corrected chi connectivity index (χ0v) is 9.76. The van der Waals surface area contributed by atoms with Crippen molar-refractivity contribution in [2.45, 2.75) is 38.4 Å². The predicted octanol–water partition coefficient (Wildman–Crippen LogP) is 1.50. The molecular weight excluding hydrogens is 204 g/mol. The predicted molar refractivity (Wildman–Crippen MR) is 59.7 cm³/mol. The zero-order valence-electron chi connectivity index (χ0n) is 9.76. The fourth-order valence-corrected chi connectivity index (χ4v) is 2.07. The van der Waals surface area contributed by atoms with Gasteiger partial charge in [-0.3, -0.25) is 9.97 Å². The van der Waals surface area contributed by atoms with Crippen LogP contribution < -0.4 is 0 Å². The molecule has 1 aromatic heterocycles. The van der Waals surface area contributed by atoms with Crippen LogP contribution in [0.15, 0.2) is 18.6 Å². The molecule has 0 radical (unpaired) electrons. The molecule has 1 saturated heterocycles. The Morgan fingerprint density at radius 1 is 1.50 bits per heavy atom. The summed E-state index contributed by atoms with van der Waals surface area (Å²) in [7, 11) is 0. The molecule has 0 saturated carbocycles. The second-order valence-corrected chi connectivity index (χ2v) is 4.73. The summed E-state index contributed by atoms with van der Waals surface area (Å²) in [6.07, 6.45) is 6.17. The quantitative estimate of drug-likeness (QED) is 0.824. The van der Waals surface area contributed by atoms with Crippen LogP contribution in [0.5, 0.6) is 0 Å². The number of aliphatic hydroxyl groups is 1. The van der Waals surface area contributed by atoms with E-state index in [1.54, 1.807) is 18.6 Å². The van der Waals surface area contributed by atoms with Gasteiger partial charge in [-0.1, -0.05) is 13.8 Å². The van der Waals surface area contributed by atoms with Crippen molar-refractivity contribution in [1.29, 1.82) is 0 Å². The summed E-state index contributed by atoms with van der Waals surface area (Å²) in [4.78, 5) is 8.21. The highest BCUT2D eigenvalue weighted by Gasteiger charge is 2.38. The van der Waals surface area contributed by atoms with Crippen LogP contribution in [0.4, 0.5) is 0 Å². The third-order valence-electron chi connectivity index (χ3n) is 3.17. The molecule has 0 aromatic carbocycles. The highest BCUT2D eigenvalue weighted by Crippen LogP contribution is 2.35. The lowest BCUT2D eigenvalue weighted by Gasteiger charge is -2.37. The summed E-state index contributed by atoms with van der Waals surface area (Å²) in [5.41, 5.74) is -0.217. The van der Waals surface area contributed by atoms with Gasteiger partial charge in [0.25, 0.3) is 0 Å². The smallest absolute Gasteiger partial charge is 0.113 e. The number of ether oxygens (including phenoxy) is 1. The minimum Gasteiger partial charge on any atom is -0.383 e. The Kier molecular flexibility index (Phi) is 3.21. The molecule has 0 amide bonds. The van der Waals surface area contributed by atoms with E-state index in [1.165, 1.54) is 0 Å². The fourth-order valence-electron chi connectivity index (χ4n) is 2.07. The molecular formula is C12H18N2O2. The standard InChI is InChI=1S/C12H18N2O2/c1-9(2)10-7-12(15,3-6-16-10)11-8-13-4-5-14-11/h4-5,8-10,15H,3,6-7H2,1-2H3. The van der Waals surface area contributed by atoms with Gasteiger partial charge in [0.05, 0.1) is 24.6 Å². The molecule has 16 heavy (non-hydrogen) atoms. The van der Waals surface area contributed by atoms with E-state index in [0.29, 0.717) is 31.1 Å². The molecule has 0 spiro atoms. The summed E-state index contributed by atoms with van der Waals surface area (Å²) in [6.45, 7) is 4.79. The van der Waals surface area contributed by atoms with Crippen LogP contribution in [0.3, 0.4) is 0 Å². The van der Waals surface area contributed by atoms with Gasteiger partial charge in [0.1, 0.15) is 5.60 Å². The first-order valence-electron chi connectivity index (χ1n) is 5.72. The summed E-state index contributed by atoms with van der Waals surface area (Å²) in [5.74, 6) is 0.406. The van der Waals surface area contributed by atoms with E-state index >= 15 is 0 Å². The summed E-state index contributed by atoms with van der Waals surface area (Å²) in [5, 5.41) is 10.6. The Bertz CT molecular complexity index is 342. The molecule has 2 unspecified atom stereocenters. The molecule has 4 nitrogen and oxygen atoms in total. The number of hydrogen-bond acceptors (Lipinski definition) is 4. The van der Waals surface area contributed by atoms with Crippen molar-refractivity contribution in [3.63, 3.8) is 0 Å². The lowest BCUT2D eigenvalue weighted by Crippen LogP contribution is -2.41. The third-order valence-corrected chi connectivity index (χ3v) is 3.17. The fraction of sp³-hybridized carbons (Fsp3) is 0.667. The van der Waals surface area contributed by atoms with Gasteiger partial charge in [-0.2, -0.15) is 0 Å². The molecule has 0 bridgehead atoms. The average molecular weight is 222 g/mol. The van der Waals surface area contributed by atoms with Crippen molar-refractivity contribution >= 4 is 0 Å². The molecule has 88 valence electrons. The van der Waals surface area contributed by atoms with Gasteiger partial charge in [-0.15, -0.1) is 0 Å². The molecule has 1 aliphatic heterocycles. The van der Waals surface area contributed by atoms with E-state index in [0.717, 1.165) is 0 Å². The number of hydrogen-bond donors (Lipinski definition) is 1. The van der Waals surface area contributed by atoms with Gasteiger partial charge < -0.3 is 9.84 Å². The van der Waals surface area contributed by atoms with Crippen molar-refractivity contribution in [3.05, 3.63) is 24.3 Å². The van der Waals surface area contributed by atoms with Crippen molar-refractivity contribution in [1.82, 2.24) is 9.97 Å². The first-order chi connectivity index (χ1) is 7.62. The minimum atomic E-state index is -0.874. The normalized spacial score (nSPS) is 30.6. The van der Waals surface area contributed by atoms with Crippen LogP contribution in [0, 0.1) is 5.92 Å². The summed E-state index contributed by atoms with van der Waals surface area (Å²) < 4.78 is 5.65. The Morgan fingerprint density at radius 2 is 2.31 bits per heavy atom. The lowest BCUT2D eigenvalue weighted by molar-refractivity contribution is -0.123. The van der Waals surface area contributed by atoms with Crippen LogP contribution in [-0.2, 0) is 10.3 Å². The van der Waals surface area contributed by atoms with Gasteiger partial charge >= 0.3 is 0 Å². The summed E-state index contributed by atoms with van der Waals surface area (Å²) in [6, 6.07) is 0. The second kappa shape index (κ2) is 4.47. The Hall–Kier alpha value is -1.00. The van der Waals surface area contributed by atoms with E-state index in [2.05, 4.69) is 23.8 Å². The second-order valence-electron chi connectivity index (χ2n) is 4.73. The van der Waals surface area contributed by atoms with Crippen LogP contribution >= 0.6 is 0 Å². The van der Waals surface area contributed by atoms with Crippen molar-refractivity contribution in [3.8, 4) is 0 Å². The Morgan fingerprint density at radius 3 is 2.94 bits per heavy atom. The molecule has 1 N–H and O–H groups in total. The number of rotatable bonds is 2. The maximum absolute atomic E-state index is 10.6. The molecule has 0 aliphatic carbocycles. The van der Waals surface area contributed by atoms with Crippen LogP contribution in [-0.4, -0.2) is 27.8 Å². The van der Waals surface area contributed by atoms with Gasteiger partial charge in [0, 0.05) is 25.2 Å². The maximum Gasteiger partial charge on any atom is 0.113 e. The molecule has 1 fully saturated rings. The third kappa shape index (κ3) is 2.23. The molecule has 2 rings (SSSR count). The maximum atomic E-state index is 10.6. The topological polar surface area (TPSA) is 55.2 Å². The van der Waals surface area contributed by atoms with Crippen molar-refractivity contribution < 1.29 is 9.84 Å². The lowest BCUT2D eigenvalue weighted by atomic mass is 9.84. The Labute approximate surface area is 95.7 Å². The number of aromatic nitrogens is 2. The molecule has 4 heteroatoms. The minimum absolute atomic E-state index is 0.0979. The SMILES string of the molecule is CC(C)C1CC(O)(c2cnccn2)CCO1. The van der Waals surface area contributed by atoms with Gasteiger partial charge in [0.2, 0.25) is 0 Å². The van der Waals surface area contributed by atoms with Crippen LogP contribution in [0.2, 0.25) is 0 Å². The largest absolute Gasteiger partial charge is 0.383 e. The van der Waals surface area contributed by atoms with Gasteiger partial charge in [-0.25, -0.2) is 0 Å². The molecule has 2 heterocycles. The van der Waals surface area contributed by atoms with E-state index in [-0.39, 0.29) is 6.10 Å². The van der Waals surface area contributed by atoms with Crippen molar-refractivity contribution in [2.24, 2.45) is 5.92 Å². The van der Waals surface area contributed by atoms with E-state index in [1.807, 2.05) is 0 Å². The van der Waals surface area contributed by atoms with Gasteiger partial charge in [-0.05, 0) is 5.92 Å². The van der Waals surface area contributed by atoms with Gasteiger partial charge in [0.15, 0.2) is 0 Å². The highest BCUT2D eigenvalue weighted by molar-refractivity contribution is 5.09. The Balaban J connectivity index is 2.19. The monoisotopic (exact) mass is 222 g/mol. The van der Waals surface area contributed by atoms with Crippen LogP contribution in [0.1, 0.15) is 32.4 Å². The number of nitrogens with zero attached hydrogens (tertiary/aromatic N) is 2. The average Bonchev–Trinajstić information content (AvgIpc) is 2.30.